The van der Waals surface area contributed by atoms with E-state index in [-0.39, 0.29) is 12.7 Å². The van der Waals surface area contributed by atoms with Crippen LogP contribution in [-0.2, 0) is 11.2 Å². The van der Waals surface area contributed by atoms with Gasteiger partial charge in [-0.2, -0.15) is 0 Å². The summed E-state index contributed by atoms with van der Waals surface area (Å²) in [7, 11) is 1.78. The predicted octanol–water partition coefficient (Wildman–Crippen LogP) is 5.65. The molecule has 3 aromatic carbocycles. The van der Waals surface area contributed by atoms with Crippen molar-refractivity contribution in [2.24, 2.45) is 5.92 Å². The Kier molecular flexibility index (Phi) is 5.38. The fourth-order valence-electron chi connectivity index (χ4n) is 4.29. The summed E-state index contributed by atoms with van der Waals surface area (Å²) < 4.78 is 5.78. The van der Waals surface area contributed by atoms with Crippen molar-refractivity contribution in [3.05, 3.63) is 83.9 Å². The average Bonchev–Trinajstić information content (AvgIpc) is 2.74. The van der Waals surface area contributed by atoms with Gasteiger partial charge in [0.05, 0.1) is 6.10 Å². The van der Waals surface area contributed by atoms with Gasteiger partial charge in [-0.15, -0.1) is 0 Å². The summed E-state index contributed by atoms with van der Waals surface area (Å²) in [6.45, 7) is 0.228. The Hall–Kier alpha value is -2.42. The number of aliphatic hydroxyl groups excluding tert-OH is 1. The number of fused-ring (bicyclic) bond motifs is 1. The highest BCUT2D eigenvalue weighted by atomic mass is 16.5. The highest BCUT2D eigenvalue weighted by Gasteiger charge is 2.29. The van der Waals surface area contributed by atoms with Crippen molar-refractivity contribution in [2.75, 3.05) is 13.7 Å². The number of hydrogen-bond donors (Lipinski definition) is 1. The molecule has 2 unspecified atom stereocenters. The predicted molar refractivity (Wildman–Crippen MR) is 111 cm³/mol. The van der Waals surface area contributed by atoms with Crippen LogP contribution in [0.5, 0.6) is 0 Å². The number of methoxy groups -OCH3 is 1. The summed E-state index contributed by atoms with van der Waals surface area (Å²) in [6.07, 6.45) is 3.02. The molecule has 0 saturated carbocycles. The molecule has 138 valence electrons. The molecular weight excluding hydrogens is 332 g/mol. The average molecular weight is 358 g/mol. The van der Waals surface area contributed by atoms with Crippen LogP contribution in [0.3, 0.4) is 0 Å². The van der Waals surface area contributed by atoms with Gasteiger partial charge in [-0.1, -0.05) is 72.8 Å². The molecule has 0 heterocycles. The molecule has 0 amide bonds. The second-order valence-corrected chi connectivity index (χ2v) is 7.32. The molecular formula is C25H26O2. The third-order valence-electron chi connectivity index (χ3n) is 5.74. The normalized spacial score (nSPS) is 18.9. The number of benzene rings is 3. The second kappa shape index (κ2) is 8.08. The van der Waals surface area contributed by atoms with Crippen LogP contribution < -0.4 is 0 Å². The molecule has 2 nitrogen and oxygen atoms in total. The molecule has 0 bridgehead atoms. The Labute approximate surface area is 161 Å². The zero-order valence-electron chi connectivity index (χ0n) is 15.8. The van der Waals surface area contributed by atoms with E-state index in [2.05, 4.69) is 66.7 Å². The first kappa shape index (κ1) is 18.0. The first-order chi connectivity index (χ1) is 13.3. The van der Waals surface area contributed by atoms with E-state index >= 15 is 0 Å². The number of hydrogen-bond acceptors (Lipinski definition) is 2. The van der Waals surface area contributed by atoms with Crippen LogP contribution in [0.2, 0.25) is 0 Å². The first-order valence-corrected chi connectivity index (χ1v) is 9.72. The van der Waals surface area contributed by atoms with Crippen LogP contribution in [0, 0.1) is 5.92 Å². The van der Waals surface area contributed by atoms with Crippen LogP contribution in [0.1, 0.15) is 30.1 Å². The molecule has 2 atom stereocenters. The van der Waals surface area contributed by atoms with Gasteiger partial charge in [0.2, 0.25) is 0 Å². The van der Waals surface area contributed by atoms with Crippen molar-refractivity contribution in [3.8, 4) is 22.3 Å². The van der Waals surface area contributed by atoms with Crippen molar-refractivity contribution in [2.45, 2.75) is 25.4 Å². The highest BCUT2D eigenvalue weighted by Crippen LogP contribution is 2.40. The fourth-order valence-corrected chi connectivity index (χ4v) is 4.29. The fraction of sp³-hybridized carbons (Fsp3) is 0.280. The minimum atomic E-state index is 0.0930. The van der Waals surface area contributed by atoms with Gasteiger partial charge in [-0.3, -0.25) is 0 Å². The first-order valence-electron chi connectivity index (χ1n) is 9.72. The van der Waals surface area contributed by atoms with E-state index in [0.717, 1.165) is 19.3 Å². The Morgan fingerprint density at radius 1 is 0.852 bits per heavy atom. The van der Waals surface area contributed by atoms with Crippen molar-refractivity contribution < 1.29 is 9.84 Å². The minimum Gasteiger partial charge on any atom is -0.396 e. The number of aryl methyl sites for hydroxylation is 1. The molecule has 4 rings (SSSR count). The highest BCUT2D eigenvalue weighted by molar-refractivity contribution is 5.71. The zero-order valence-corrected chi connectivity index (χ0v) is 15.8. The summed E-state index contributed by atoms with van der Waals surface area (Å²) in [5.74, 6) is 0.406. The number of rotatable bonds is 5. The standard InChI is InChI=1S/C25H26O2/c1-27-25-21(15-16-26)11-12-23-17-22(13-14-24(23)25)20-9-7-19(8-10-20)18-5-3-2-4-6-18/h2-10,13-14,17,21,25-26H,11-12,15-16H2,1H3. The van der Waals surface area contributed by atoms with E-state index < -0.39 is 0 Å². The maximum atomic E-state index is 9.32. The van der Waals surface area contributed by atoms with E-state index in [1.165, 1.54) is 33.4 Å². The van der Waals surface area contributed by atoms with Crippen LogP contribution in [0.4, 0.5) is 0 Å². The Bertz CT molecular complexity index is 884. The summed E-state index contributed by atoms with van der Waals surface area (Å²) in [4.78, 5) is 0. The van der Waals surface area contributed by atoms with Crippen LogP contribution in [0.25, 0.3) is 22.3 Å². The molecule has 0 aromatic heterocycles. The van der Waals surface area contributed by atoms with Gasteiger partial charge in [0.15, 0.2) is 0 Å². The molecule has 0 spiro atoms. The van der Waals surface area contributed by atoms with E-state index in [1.807, 2.05) is 6.07 Å². The van der Waals surface area contributed by atoms with Gasteiger partial charge in [-0.05, 0) is 58.6 Å². The lowest BCUT2D eigenvalue weighted by atomic mass is 9.79. The molecule has 2 heteroatoms. The minimum absolute atomic E-state index is 0.0930. The summed E-state index contributed by atoms with van der Waals surface area (Å²) in [5.41, 5.74) is 7.64. The number of aliphatic hydroxyl groups is 1. The van der Waals surface area contributed by atoms with Gasteiger partial charge in [0.1, 0.15) is 0 Å². The topological polar surface area (TPSA) is 29.5 Å². The van der Waals surface area contributed by atoms with E-state index in [9.17, 15) is 5.11 Å². The van der Waals surface area contributed by atoms with Gasteiger partial charge >= 0.3 is 0 Å². The summed E-state index contributed by atoms with van der Waals surface area (Å²) >= 11 is 0. The lowest BCUT2D eigenvalue weighted by molar-refractivity contribution is 0.0298. The Balaban J connectivity index is 1.61. The quantitative estimate of drug-likeness (QED) is 0.638. The Morgan fingerprint density at radius 2 is 1.48 bits per heavy atom. The van der Waals surface area contributed by atoms with Crippen molar-refractivity contribution in [1.29, 1.82) is 0 Å². The van der Waals surface area contributed by atoms with E-state index in [4.69, 9.17) is 4.74 Å². The zero-order chi connectivity index (χ0) is 18.6. The van der Waals surface area contributed by atoms with Crippen molar-refractivity contribution >= 4 is 0 Å². The second-order valence-electron chi connectivity index (χ2n) is 7.32. The monoisotopic (exact) mass is 358 g/mol. The molecule has 3 aromatic rings. The van der Waals surface area contributed by atoms with Crippen LogP contribution >= 0.6 is 0 Å². The maximum Gasteiger partial charge on any atom is 0.0852 e. The van der Waals surface area contributed by atoms with Gasteiger partial charge in [0, 0.05) is 13.7 Å². The smallest absolute Gasteiger partial charge is 0.0852 e. The number of ether oxygens (including phenoxy) is 1. The SMILES string of the molecule is COC1c2ccc(-c3ccc(-c4ccccc4)cc3)cc2CCC1CCO. The molecule has 1 aliphatic carbocycles. The molecule has 0 radical (unpaired) electrons. The third kappa shape index (κ3) is 3.69. The molecule has 1 N–H and O–H groups in total. The van der Waals surface area contributed by atoms with Crippen LogP contribution in [-0.4, -0.2) is 18.8 Å². The van der Waals surface area contributed by atoms with Gasteiger partial charge in [0.25, 0.3) is 0 Å². The van der Waals surface area contributed by atoms with Crippen molar-refractivity contribution in [1.82, 2.24) is 0 Å². The van der Waals surface area contributed by atoms with Crippen molar-refractivity contribution in [3.63, 3.8) is 0 Å². The lowest BCUT2D eigenvalue weighted by Crippen LogP contribution is -2.23. The molecule has 0 saturated heterocycles. The summed E-state index contributed by atoms with van der Waals surface area (Å²) in [6, 6.07) is 26.0. The molecule has 0 aliphatic heterocycles. The van der Waals surface area contributed by atoms with E-state index in [0.29, 0.717) is 5.92 Å². The largest absolute Gasteiger partial charge is 0.396 e. The molecule has 27 heavy (non-hydrogen) atoms. The van der Waals surface area contributed by atoms with Gasteiger partial charge < -0.3 is 9.84 Å². The van der Waals surface area contributed by atoms with E-state index in [1.54, 1.807) is 7.11 Å². The maximum absolute atomic E-state index is 9.32. The third-order valence-corrected chi connectivity index (χ3v) is 5.74. The Morgan fingerprint density at radius 3 is 2.15 bits per heavy atom. The lowest BCUT2D eigenvalue weighted by Gasteiger charge is -2.32. The molecule has 0 fully saturated rings. The van der Waals surface area contributed by atoms with Crippen LogP contribution in [0.15, 0.2) is 72.8 Å². The summed E-state index contributed by atoms with van der Waals surface area (Å²) in [5, 5.41) is 9.32. The van der Waals surface area contributed by atoms with Gasteiger partial charge in [-0.25, -0.2) is 0 Å². The molecule has 1 aliphatic rings.